The van der Waals surface area contributed by atoms with Crippen LogP contribution in [0.5, 0.6) is 0 Å². The van der Waals surface area contributed by atoms with Crippen molar-refractivity contribution in [1.82, 2.24) is 0 Å². The van der Waals surface area contributed by atoms with Crippen LogP contribution in [0.1, 0.15) is 11.1 Å². The van der Waals surface area contributed by atoms with E-state index in [1.165, 1.54) is 10.9 Å². The Balaban J connectivity index is 0.00000176. The van der Waals surface area contributed by atoms with Crippen molar-refractivity contribution in [3.05, 3.63) is 71.9 Å². The predicted octanol–water partition coefficient (Wildman–Crippen LogP) is -1.83. The van der Waals surface area contributed by atoms with Crippen molar-refractivity contribution < 1.29 is 31.6 Å². The second-order valence-electron chi connectivity index (χ2n) is 5.27. The molecule has 0 amide bonds. The maximum atomic E-state index is 9.48. The van der Waals surface area contributed by atoms with Crippen LogP contribution in [0, 0.1) is 6.92 Å². The monoisotopic (exact) mass is 357 g/mol. The Morgan fingerprint density at radius 2 is 1.77 bits per heavy atom. The van der Waals surface area contributed by atoms with Crippen molar-refractivity contribution in [2.24, 2.45) is 0 Å². The summed E-state index contributed by atoms with van der Waals surface area (Å²) in [7, 11) is -1.45. The van der Waals surface area contributed by atoms with Gasteiger partial charge in [-0.2, -0.15) is 4.57 Å². The van der Waals surface area contributed by atoms with Gasteiger partial charge in [0.25, 0.3) is 0 Å². The predicted molar refractivity (Wildman–Crippen MR) is 84.2 cm³/mol. The molecule has 0 spiro atoms. The molecule has 22 heavy (non-hydrogen) atoms. The summed E-state index contributed by atoms with van der Waals surface area (Å²) >= 11 is 0. The summed E-state index contributed by atoms with van der Waals surface area (Å²) in [5.74, 6) is 0. The molecule has 3 rings (SSSR count). The maximum absolute atomic E-state index is 9.48. The smallest absolute Gasteiger partial charge is 0.488 e. The van der Waals surface area contributed by atoms with Gasteiger partial charge >= 0.3 is 7.12 Å². The largest absolute Gasteiger partial charge is 1.00 e. The SMILES string of the molecule is Cc1ccc2c(ccc[n+]2Cc2ccccc2B(O)O)c1.[Br-]. The van der Waals surface area contributed by atoms with Crippen LogP contribution in [0.25, 0.3) is 10.9 Å². The lowest BCUT2D eigenvalue weighted by molar-refractivity contribution is -0.662. The molecule has 0 radical (unpaired) electrons. The first-order valence-corrected chi connectivity index (χ1v) is 6.98. The minimum atomic E-state index is -1.45. The number of benzene rings is 2. The Labute approximate surface area is 140 Å². The van der Waals surface area contributed by atoms with Crippen LogP contribution in [0.15, 0.2) is 60.8 Å². The molecule has 2 N–H and O–H groups in total. The van der Waals surface area contributed by atoms with Crippen LogP contribution in [0.4, 0.5) is 0 Å². The zero-order chi connectivity index (χ0) is 14.8. The molecule has 0 unspecified atom stereocenters. The zero-order valence-corrected chi connectivity index (χ0v) is 13.9. The molecule has 0 aliphatic rings. The van der Waals surface area contributed by atoms with E-state index in [1.54, 1.807) is 6.07 Å². The highest BCUT2D eigenvalue weighted by molar-refractivity contribution is 6.59. The molecule has 0 aliphatic carbocycles. The lowest BCUT2D eigenvalue weighted by atomic mass is 9.77. The summed E-state index contributed by atoms with van der Waals surface area (Å²) in [6.45, 7) is 2.68. The first kappa shape index (κ1) is 16.7. The van der Waals surface area contributed by atoms with Gasteiger partial charge in [-0.05, 0) is 24.5 Å². The van der Waals surface area contributed by atoms with E-state index in [-0.39, 0.29) is 17.0 Å². The van der Waals surface area contributed by atoms with Crippen LogP contribution in [-0.2, 0) is 6.54 Å². The third kappa shape index (κ3) is 3.38. The van der Waals surface area contributed by atoms with E-state index in [2.05, 4.69) is 35.8 Å². The quantitative estimate of drug-likeness (QED) is 0.428. The highest BCUT2D eigenvalue weighted by atomic mass is 79.9. The molecule has 2 aromatic carbocycles. The van der Waals surface area contributed by atoms with Gasteiger partial charge in [-0.15, -0.1) is 0 Å². The van der Waals surface area contributed by atoms with Gasteiger partial charge in [0.05, 0.1) is 0 Å². The van der Waals surface area contributed by atoms with Crippen molar-refractivity contribution in [2.75, 3.05) is 0 Å². The molecule has 0 atom stereocenters. The topological polar surface area (TPSA) is 44.3 Å². The van der Waals surface area contributed by atoms with Crippen LogP contribution in [0.2, 0.25) is 0 Å². The van der Waals surface area contributed by atoms with Gasteiger partial charge < -0.3 is 27.0 Å². The fourth-order valence-corrected chi connectivity index (χ4v) is 2.65. The molecule has 0 saturated heterocycles. The van der Waals surface area contributed by atoms with E-state index in [1.807, 2.05) is 30.5 Å². The molecule has 3 nitrogen and oxygen atoms in total. The minimum Gasteiger partial charge on any atom is -1.00 e. The third-order valence-electron chi connectivity index (χ3n) is 3.71. The van der Waals surface area contributed by atoms with E-state index in [4.69, 9.17) is 0 Å². The summed E-state index contributed by atoms with van der Waals surface area (Å²) < 4.78 is 2.12. The normalized spacial score (nSPS) is 10.3. The second kappa shape index (κ2) is 7.05. The average Bonchev–Trinajstić information content (AvgIpc) is 2.47. The summed E-state index contributed by atoms with van der Waals surface area (Å²) in [5.41, 5.74) is 3.82. The Bertz CT molecular complexity index is 792. The van der Waals surface area contributed by atoms with Gasteiger partial charge in [0.2, 0.25) is 5.52 Å². The highest BCUT2D eigenvalue weighted by Crippen LogP contribution is 2.12. The maximum Gasteiger partial charge on any atom is 0.488 e. The van der Waals surface area contributed by atoms with Gasteiger partial charge in [-0.1, -0.05) is 35.9 Å². The van der Waals surface area contributed by atoms with Crippen LogP contribution in [-0.4, -0.2) is 17.2 Å². The van der Waals surface area contributed by atoms with Crippen LogP contribution >= 0.6 is 0 Å². The van der Waals surface area contributed by atoms with Crippen LogP contribution in [0.3, 0.4) is 0 Å². The summed E-state index contributed by atoms with van der Waals surface area (Å²) in [5, 5.41) is 20.1. The molecule has 3 aromatic rings. The van der Waals surface area contributed by atoms with E-state index in [0.717, 1.165) is 11.1 Å². The van der Waals surface area contributed by atoms with Gasteiger partial charge in [0.1, 0.15) is 0 Å². The Morgan fingerprint density at radius 1 is 1.00 bits per heavy atom. The molecule has 112 valence electrons. The molecular formula is C17H17BBrNO2. The van der Waals surface area contributed by atoms with E-state index in [0.29, 0.717) is 12.0 Å². The van der Waals surface area contributed by atoms with Gasteiger partial charge in [-0.25, -0.2) is 0 Å². The number of rotatable bonds is 3. The Morgan fingerprint density at radius 3 is 2.55 bits per heavy atom. The van der Waals surface area contributed by atoms with Gasteiger partial charge in [0, 0.05) is 23.1 Å². The van der Waals surface area contributed by atoms with Crippen molar-refractivity contribution in [2.45, 2.75) is 13.5 Å². The number of fused-ring (bicyclic) bond motifs is 1. The molecule has 0 bridgehead atoms. The molecule has 1 heterocycles. The van der Waals surface area contributed by atoms with Crippen LogP contribution < -0.4 is 27.0 Å². The van der Waals surface area contributed by atoms with E-state index < -0.39 is 7.12 Å². The number of hydrogen-bond acceptors (Lipinski definition) is 2. The lowest BCUT2D eigenvalue weighted by Gasteiger charge is -2.07. The highest BCUT2D eigenvalue weighted by Gasteiger charge is 2.18. The molecule has 0 aliphatic heterocycles. The van der Waals surface area contributed by atoms with Crippen molar-refractivity contribution in [3.63, 3.8) is 0 Å². The van der Waals surface area contributed by atoms with Crippen molar-refractivity contribution in [3.8, 4) is 0 Å². The standard InChI is InChI=1S/C17H17BNO2.BrH/c1-13-8-9-17-14(11-13)6-4-10-19(17)12-15-5-2-3-7-16(15)18(20)21;/h2-11,20-21H,12H2,1H3;1H/q+1;/p-1. The molecular weight excluding hydrogens is 341 g/mol. The summed E-state index contributed by atoms with van der Waals surface area (Å²) in [6.07, 6.45) is 2.01. The molecule has 0 fully saturated rings. The number of halogens is 1. The Hall–Kier alpha value is -1.69. The summed E-state index contributed by atoms with van der Waals surface area (Å²) in [4.78, 5) is 0. The second-order valence-corrected chi connectivity index (χ2v) is 5.27. The number of aromatic nitrogens is 1. The number of pyridine rings is 1. The number of aryl methyl sites for hydroxylation is 1. The van der Waals surface area contributed by atoms with E-state index in [9.17, 15) is 10.0 Å². The van der Waals surface area contributed by atoms with Gasteiger partial charge in [0.15, 0.2) is 12.7 Å². The number of hydrogen-bond donors (Lipinski definition) is 2. The molecule has 5 heteroatoms. The van der Waals surface area contributed by atoms with Crippen molar-refractivity contribution >= 4 is 23.5 Å². The first-order valence-electron chi connectivity index (χ1n) is 6.98. The summed E-state index contributed by atoms with van der Waals surface area (Å²) in [6, 6.07) is 17.8. The first-order chi connectivity index (χ1) is 10.1. The Kier molecular flexibility index (Phi) is 5.35. The molecule has 0 saturated carbocycles. The minimum absolute atomic E-state index is 0. The molecule has 1 aromatic heterocycles. The lowest BCUT2D eigenvalue weighted by Crippen LogP contribution is -3.00. The third-order valence-corrected chi connectivity index (χ3v) is 3.71. The van der Waals surface area contributed by atoms with Gasteiger partial charge in [-0.3, -0.25) is 0 Å². The average molecular weight is 358 g/mol. The fourth-order valence-electron chi connectivity index (χ4n) is 2.65. The zero-order valence-electron chi connectivity index (χ0n) is 12.3. The number of nitrogens with zero attached hydrogens (tertiary/aromatic N) is 1. The fraction of sp³-hybridized carbons (Fsp3) is 0.118. The van der Waals surface area contributed by atoms with Crippen molar-refractivity contribution in [1.29, 1.82) is 0 Å². The van der Waals surface area contributed by atoms with E-state index >= 15 is 0 Å².